The summed E-state index contributed by atoms with van der Waals surface area (Å²) >= 11 is 19.2. The zero-order chi connectivity index (χ0) is 31.2. The predicted octanol–water partition coefficient (Wildman–Crippen LogP) is 7.09. The Kier molecular flexibility index (Phi) is 8.57. The van der Waals surface area contributed by atoms with Gasteiger partial charge >= 0.3 is 0 Å². The summed E-state index contributed by atoms with van der Waals surface area (Å²) in [5.41, 5.74) is 7.75. The zero-order valence-electron chi connectivity index (χ0n) is 24.1. The topological polar surface area (TPSA) is 104 Å². The van der Waals surface area contributed by atoms with Crippen LogP contribution in [0.4, 0.5) is 15.8 Å². The van der Waals surface area contributed by atoms with Crippen molar-refractivity contribution >= 4 is 57.2 Å². The lowest BCUT2D eigenvalue weighted by molar-refractivity contribution is 0.349. The first-order chi connectivity index (χ1) is 20.5. The lowest BCUT2D eigenvalue weighted by Crippen LogP contribution is -2.45. The van der Waals surface area contributed by atoms with E-state index in [1.54, 1.807) is 18.3 Å². The number of allylic oxidation sites excluding steroid dienone is 1. The minimum atomic E-state index is -0.847. The molecular weight excluding hydrogens is 612 g/mol. The van der Waals surface area contributed by atoms with E-state index in [-0.39, 0.29) is 49.1 Å². The normalized spacial score (nSPS) is 13.9. The van der Waals surface area contributed by atoms with E-state index >= 15 is 4.39 Å². The lowest BCUT2D eigenvalue weighted by atomic mass is 10.0. The van der Waals surface area contributed by atoms with Crippen molar-refractivity contribution in [2.45, 2.75) is 33.6 Å². The average Bonchev–Trinajstić information content (AvgIpc) is 2.97. The van der Waals surface area contributed by atoms with Gasteiger partial charge in [-0.15, -0.1) is 0 Å². The Balaban J connectivity index is 1.94. The number of hydrogen-bond donors (Lipinski definition) is 1. The standard InChI is InChI=1S/C31H29Cl3FN7O/c1-5-8-40-9-11-41(12-10-40)29-18-13-22(34)27(23-24(35)20(32)14-21(33)25(23)37)39-30(18)42(31(43)19(29)15-36)28-17(4)6-7-38-26(28)16(2)3/h5-8,13-14,16H,9-12,37H2,1-4H3. The van der Waals surface area contributed by atoms with Crippen molar-refractivity contribution in [3.63, 3.8) is 0 Å². The molecule has 0 unspecified atom stereocenters. The van der Waals surface area contributed by atoms with Crippen LogP contribution in [0.2, 0.25) is 15.1 Å². The number of nitrogens with zero attached hydrogens (tertiary/aromatic N) is 6. The number of rotatable bonds is 5. The highest BCUT2D eigenvalue weighted by atomic mass is 35.5. The van der Waals surface area contributed by atoms with Gasteiger partial charge in [0.15, 0.2) is 5.82 Å². The first kappa shape index (κ1) is 30.6. The van der Waals surface area contributed by atoms with E-state index in [9.17, 15) is 10.1 Å². The molecule has 0 bridgehead atoms. The second-order valence-corrected chi connectivity index (χ2v) is 11.9. The molecule has 1 saturated heterocycles. The average molecular weight is 641 g/mol. The summed E-state index contributed by atoms with van der Waals surface area (Å²) in [7, 11) is 0. The summed E-state index contributed by atoms with van der Waals surface area (Å²) < 4.78 is 16.9. The maximum atomic E-state index is 15.5. The molecule has 0 spiro atoms. The van der Waals surface area contributed by atoms with E-state index in [0.717, 1.165) is 5.56 Å². The van der Waals surface area contributed by atoms with Crippen LogP contribution >= 0.6 is 34.8 Å². The molecule has 0 atom stereocenters. The molecule has 0 aliphatic carbocycles. The van der Waals surface area contributed by atoms with Gasteiger partial charge in [-0.05, 0) is 49.7 Å². The van der Waals surface area contributed by atoms with E-state index in [0.29, 0.717) is 48.6 Å². The van der Waals surface area contributed by atoms with Crippen molar-refractivity contribution in [2.75, 3.05) is 36.8 Å². The van der Waals surface area contributed by atoms with Crippen LogP contribution in [0.5, 0.6) is 0 Å². The number of fused-ring (bicyclic) bond motifs is 1. The van der Waals surface area contributed by atoms with E-state index in [2.05, 4.69) is 16.0 Å². The fourth-order valence-corrected chi connectivity index (χ4v) is 6.22. The van der Waals surface area contributed by atoms with E-state index in [1.807, 2.05) is 44.9 Å². The van der Waals surface area contributed by atoms with Crippen molar-refractivity contribution in [3.8, 4) is 23.0 Å². The van der Waals surface area contributed by atoms with Gasteiger partial charge in [0, 0.05) is 37.8 Å². The number of aromatic nitrogens is 3. The molecule has 3 aromatic heterocycles. The van der Waals surface area contributed by atoms with Gasteiger partial charge in [0.05, 0.1) is 49.1 Å². The number of halogens is 4. The Morgan fingerprint density at radius 2 is 1.79 bits per heavy atom. The Hall–Kier alpha value is -3.84. The summed E-state index contributed by atoms with van der Waals surface area (Å²) in [5.74, 6) is -0.922. The number of aryl methyl sites for hydroxylation is 1. The van der Waals surface area contributed by atoms with Gasteiger partial charge in [0.1, 0.15) is 17.3 Å². The highest BCUT2D eigenvalue weighted by molar-refractivity contribution is 6.38. The molecule has 4 aromatic rings. The number of benzene rings is 1. The van der Waals surface area contributed by atoms with Gasteiger partial charge in [0.25, 0.3) is 5.56 Å². The SMILES string of the molecule is CC=CN1CCN(c2c(C#N)c(=O)n(-c3c(C)ccnc3C(C)C)c3nc(-c4c(N)c(Cl)cc(Cl)c4F)c(Cl)cc23)CC1. The van der Waals surface area contributed by atoms with E-state index in [1.165, 1.54) is 10.6 Å². The second kappa shape index (κ2) is 12.0. The van der Waals surface area contributed by atoms with Crippen LogP contribution in [0.15, 0.2) is 41.5 Å². The van der Waals surface area contributed by atoms with Crippen molar-refractivity contribution in [1.29, 1.82) is 5.26 Å². The summed E-state index contributed by atoms with van der Waals surface area (Å²) in [4.78, 5) is 27.9. The molecule has 43 heavy (non-hydrogen) atoms. The molecule has 2 N–H and O–H groups in total. The molecular formula is C31H29Cl3FN7O. The quantitative estimate of drug-likeness (QED) is 0.184. The number of nitriles is 1. The number of hydrogen-bond acceptors (Lipinski definition) is 7. The first-order valence-electron chi connectivity index (χ1n) is 13.7. The number of anilines is 2. The Labute approximate surface area is 263 Å². The van der Waals surface area contributed by atoms with Gasteiger partial charge in [-0.25, -0.2) is 9.37 Å². The maximum absolute atomic E-state index is 15.5. The minimum Gasteiger partial charge on any atom is -0.397 e. The van der Waals surface area contributed by atoms with E-state index < -0.39 is 11.4 Å². The van der Waals surface area contributed by atoms with Gasteiger partial charge < -0.3 is 15.5 Å². The fourth-order valence-electron chi connectivity index (χ4n) is 5.51. The molecule has 0 radical (unpaired) electrons. The molecule has 1 aromatic carbocycles. The number of pyridine rings is 3. The summed E-state index contributed by atoms with van der Waals surface area (Å²) in [6, 6.07) is 6.75. The number of nitrogens with two attached hydrogens (primary N) is 1. The molecule has 1 aliphatic heterocycles. The van der Waals surface area contributed by atoms with Crippen LogP contribution in [0, 0.1) is 24.1 Å². The maximum Gasteiger partial charge on any atom is 0.276 e. The molecule has 1 fully saturated rings. The third-order valence-electron chi connectivity index (χ3n) is 7.55. The Bertz CT molecular complexity index is 1860. The molecule has 0 saturated carbocycles. The molecule has 5 rings (SSSR count). The monoisotopic (exact) mass is 639 g/mol. The molecule has 0 amide bonds. The highest BCUT2D eigenvalue weighted by Crippen LogP contribution is 2.42. The largest absolute Gasteiger partial charge is 0.397 e. The van der Waals surface area contributed by atoms with Crippen LogP contribution < -0.4 is 16.2 Å². The van der Waals surface area contributed by atoms with Crippen LogP contribution in [-0.4, -0.2) is 45.6 Å². The van der Waals surface area contributed by atoms with Crippen LogP contribution in [0.1, 0.15) is 43.5 Å². The number of piperazine rings is 1. The predicted molar refractivity (Wildman–Crippen MR) is 172 cm³/mol. The van der Waals surface area contributed by atoms with Crippen molar-refractivity contribution in [1.82, 2.24) is 19.4 Å². The highest BCUT2D eigenvalue weighted by Gasteiger charge is 2.29. The molecule has 12 heteroatoms. The number of nitrogen functional groups attached to an aromatic ring is 1. The summed E-state index contributed by atoms with van der Waals surface area (Å²) in [6.07, 6.45) is 5.65. The zero-order valence-corrected chi connectivity index (χ0v) is 26.3. The van der Waals surface area contributed by atoms with Gasteiger partial charge in [-0.1, -0.05) is 54.7 Å². The van der Waals surface area contributed by atoms with Crippen molar-refractivity contribution in [3.05, 3.63) is 84.7 Å². The van der Waals surface area contributed by atoms with Crippen LogP contribution in [0.25, 0.3) is 28.0 Å². The molecule has 222 valence electrons. The van der Waals surface area contributed by atoms with Crippen LogP contribution in [-0.2, 0) is 0 Å². The summed E-state index contributed by atoms with van der Waals surface area (Å²) in [5, 5.41) is 10.7. The van der Waals surface area contributed by atoms with Gasteiger partial charge in [-0.3, -0.25) is 14.3 Å². The fraction of sp³-hybridized carbons (Fsp3) is 0.290. The Morgan fingerprint density at radius 1 is 1.09 bits per heavy atom. The lowest BCUT2D eigenvalue weighted by Gasteiger charge is -2.36. The van der Waals surface area contributed by atoms with Crippen molar-refractivity contribution in [2.24, 2.45) is 0 Å². The Morgan fingerprint density at radius 3 is 2.42 bits per heavy atom. The van der Waals surface area contributed by atoms with E-state index in [4.69, 9.17) is 45.5 Å². The summed E-state index contributed by atoms with van der Waals surface area (Å²) in [6.45, 7) is 10.2. The smallest absolute Gasteiger partial charge is 0.276 e. The molecule has 4 heterocycles. The second-order valence-electron chi connectivity index (χ2n) is 10.6. The third kappa shape index (κ3) is 5.29. The minimum absolute atomic E-state index is 0.0291. The van der Waals surface area contributed by atoms with Crippen molar-refractivity contribution < 1.29 is 4.39 Å². The van der Waals surface area contributed by atoms with Gasteiger partial charge in [-0.2, -0.15) is 5.26 Å². The first-order valence-corrected chi connectivity index (χ1v) is 14.8. The molecule has 1 aliphatic rings. The van der Waals surface area contributed by atoms with Gasteiger partial charge in [0.2, 0.25) is 0 Å². The van der Waals surface area contributed by atoms with Crippen LogP contribution in [0.3, 0.4) is 0 Å². The molecule has 8 nitrogen and oxygen atoms in total. The third-order valence-corrected chi connectivity index (χ3v) is 8.43.